The average Bonchev–Trinajstić information content (AvgIpc) is 3.15. The molecule has 1 atom stereocenters. The van der Waals surface area contributed by atoms with Crippen molar-refractivity contribution < 1.29 is 9.53 Å². The van der Waals surface area contributed by atoms with Crippen LogP contribution in [0.15, 0.2) is 88.6 Å². The summed E-state index contributed by atoms with van der Waals surface area (Å²) in [5, 5.41) is 9.24. The molecule has 0 bridgehead atoms. The van der Waals surface area contributed by atoms with Gasteiger partial charge >= 0.3 is 0 Å². The normalized spacial score (nSPS) is 11.5. The first-order valence-corrected chi connectivity index (χ1v) is 13.7. The highest BCUT2D eigenvalue weighted by Gasteiger charge is 2.23. The lowest BCUT2D eigenvalue weighted by atomic mass is 10.3. The van der Waals surface area contributed by atoms with E-state index in [0.29, 0.717) is 23.0 Å². The first-order valence-electron chi connectivity index (χ1n) is 12.4. The summed E-state index contributed by atoms with van der Waals surface area (Å²) in [5.41, 5.74) is 2.97. The number of carbonyl (C=O) groups excluding carboxylic acids is 1. The Bertz CT molecular complexity index is 1530. The van der Waals surface area contributed by atoms with Gasteiger partial charge in [-0.3, -0.25) is 14.3 Å². The highest BCUT2D eigenvalue weighted by Crippen LogP contribution is 2.29. The molecule has 3 aromatic carbocycles. The molecule has 10 heteroatoms. The number of aromatic nitrogens is 2. The number of ether oxygens (including phenoxy) is 1. The second-order valence-corrected chi connectivity index (χ2v) is 10.4. The third kappa shape index (κ3) is 6.52. The van der Waals surface area contributed by atoms with Crippen LogP contribution in [0.25, 0.3) is 5.69 Å². The smallest absolute Gasteiger partial charge is 0.295 e. The minimum Gasteiger partial charge on any atom is -0.495 e. The van der Waals surface area contributed by atoms with Crippen molar-refractivity contribution in [3.8, 4) is 11.4 Å². The Labute approximate surface area is 237 Å². The predicted octanol–water partition coefficient (Wildman–Crippen LogP) is 5.81. The Morgan fingerprint density at radius 2 is 1.72 bits per heavy atom. The standard InChI is InChI=1S/C29H31N5O3S2/c1-5-25(27(35)32-26-19(2)33(3)34(28(26)36)21-13-7-6-8-14-21)39-22-15-11-12-20(18-22)30-29(38)31-23-16-9-10-17-24(23)37-4/h6-18,25H,5H2,1-4H3,(H,32,35)(H2,30,31,38). The number of rotatable bonds is 9. The maximum Gasteiger partial charge on any atom is 0.295 e. The molecule has 0 saturated carbocycles. The minimum atomic E-state index is -0.400. The van der Waals surface area contributed by atoms with Crippen LogP contribution < -0.4 is 26.2 Å². The lowest BCUT2D eigenvalue weighted by Crippen LogP contribution is -2.28. The molecule has 1 aromatic heterocycles. The van der Waals surface area contributed by atoms with Gasteiger partial charge in [0, 0.05) is 17.6 Å². The van der Waals surface area contributed by atoms with E-state index in [-0.39, 0.29) is 17.2 Å². The van der Waals surface area contributed by atoms with E-state index in [2.05, 4.69) is 16.0 Å². The highest BCUT2D eigenvalue weighted by atomic mass is 32.2. The molecule has 202 valence electrons. The summed E-state index contributed by atoms with van der Waals surface area (Å²) in [5.74, 6) is 0.465. The average molecular weight is 562 g/mol. The number of nitrogens with zero attached hydrogens (tertiary/aromatic N) is 2. The Kier molecular flexibility index (Phi) is 9.11. The number of thiocarbonyl (C=S) groups is 1. The number of hydrogen-bond acceptors (Lipinski definition) is 5. The van der Waals surface area contributed by atoms with Gasteiger partial charge in [-0.05, 0) is 68.0 Å². The lowest BCUT2D eigenvalue weighted by Gasteiger charge is -2.16. The van der Waals surface area contributed by atoms with E-state index < -0.39 is 5.25 Å². The van der Waals surface area contributed by atoms with Gasteiger partial charge in [0.1, 0.15) is 11.4 Å². The quantitative estimate of drug-likeness (QED) is 0.176. The number of anilines is 3. The number of benzene rings is 3. The summed E-state index contributed by atoms with van der Waals surface area (Å²) in [6.45, 7) is 3.77. The van der Waals surface area contributed by atoms with E-state index in [1.54, 1.807) is 23.5 Å². The van der Waals surface area contributed by atoms with Crippen LogP contribution in [-0.2, 0) is 11.8 Å². The molecule has 1 heterocycles. The molecule has 0 radical (unpaired) electrons. The van der Waals surface area contributed by atoms with Crippen LogP contribution in [0, 0.1) is 6.92 Å². The Hall–Kier alpha value is -4.02. The van der Waals surface area contributed by atoms with Gasteiger partial charge in [0.25, 0.3) is 5.56 Å². The Morgan fingerprint density at radius 1 is 1.00 bits per heavy atom. The number of nitrogens with one attached hydrogen (secondary N) is 3. The molecular weight excluding hydrogens is 530 g/mol. The summed E-state index contributed by atoms with van der Waals surface area (Å²) in [6.07, 6.45) is 0.584. The zero-order valence-electron chi connectivity index (χ0n) is 22.2. The largest absolute Gasteiger partial charge is 0.495 e. The van der Waals surface area contributed by atoms with Crippen LogP contribution in [0.2, 0.25) is 0 Å². The zero-order valence-corrected chi connectivity index (χ0v) is 23.9. The van der Waals surface area contributed by atoms with E-state index in [1.807, 2.05) is 92.7 Å². The highest BCUT2D eigenvalue weighted by molar-refractivity contribution is 8.00. The Balaban J connectivity index is 1.45. The first kappa shape index (κ1) is 28.0. The lowest BCUT2D eigenvalue weighted by molar-refractivity contribution is -0.115. The molecule has 0 spiro atoms. The van der Waals surface area contributed by atoms with E-state index in [1.165, 1.54) is 11.8 Å². The second kappa shape index (κ2) is 12.7. The maximum atomic E-state index is 13.3. The molecule has 8 nitrogen and oxygen atoms in total. The van der Waals surface area contributed by atoms with Gasteiger partial charge < -0.3 is 20.7 Å². The fourth-order valence-electron chi connectivity index (χ4n) is 4.08. The van der Waals surface area contributed by atoms with Crippen molar-refractivity contribution in [2.45, 2.75) is 30.4 Å². The molecule has 4 rings (SSSR count). The predicted molar refractivity (Wildman–Crippen MR) is 164 cm³/mol. The molecular formula is C29H31N5O3S2. The van der Waals surface area contributed by atoms with Crippen molar-refractivity contribution in [2.24, 2.45) is 7.05 Å². The monoisotopic (exact) mass is 561 g/mol. The minimum absolute atomic E-state index is 0.222. The molecule has 0 aliphatic rings. The molecule has 4 aromatic rings. The maximum absolute atomic E-state index is 13.3. The number of hydrogen-bond donors (Lipinski definition) is 3. The van der Waals surface area contributed by atoms with Crippen LogP contribution in [0.4, 0.5) is 17.1 Å². The van der Waals surface area contributed by atoms with Crippen LogP contribution >= 0.6 is 24.0 Å². The van der Waals surface area contributed by atoms with Crippen LogP contribution in [0.3, 0.4) is 0 Å². The molecule has 1 amide bonds. The third-order valence-corrected chi connectivity index (χ3v) is 7.75. The number of para-hydroxylation sites is 3. The number of thioether (sulfide) groups is 1. The fraction of sp³-hybridized carbons (Fsp3) is 0.207. The number of amides is 1. The summed E-state index contributed by atoms with van der Waals surface area (Å²) >= 11 is 6.92. The van der Waals surface area contributed by atoms with Crippen molar-refractivity contribution in [2.75, 3.05) is 23.1 Å². The molecule has 39 heavy (non-hydrogen) atoms. The van der Waals surface area contributed by atoms with Crippen molar-refractivity contribution in [1.29, 1.82) is 0 Å². The molecule has 0 fully saturated rings. The van der Waals surface area contributed by atoms with E-state index in [0.717, 1.165) is 22.0 Å². The van der Waals surface area contributed by atoms with Crippen molar-refractivity contribution in [3.63, 3.8) is 0 Å². The third-order valence-electron chi connectivity index (χ3n) is 6.19. The Morgan fingerprint density at radius 3 is 2.44 bits per heavy atom. The molecule has 0 aliphatic carbocycles. The van der Waals surface area contributed by atoms with Crippen molar-refractivity contribution >= 4 is 52.1 Å². The molecule has 3 N–H and O–H groups in total. The second-order valence-electron chi connectivity index (χ2n) is 8.75. The molecule has 0 aliphatic heterocycles. The van der Waals surface area contributed by atoms with E-state index >= 15 is 0 Å². The van der Waals surface area contributed by atoms with E-state index in [9.17, 15) is 9.59 Å². The van der Waals surface area contributed by atoms with Gasteiger partial charge in [-0.1, -0.05) is 43.3 Å². The van der Waals surface area contributed by atoms with Crippen LogP contribution in [-0.4, -0.2) is 32.7 Å². The van der Waals surface area contributed by atoms with E-state index in [4.69, 9.17) is 17.0 Å². The van der Waals surface area contributed by atoms with Crippen molar-refractivity contribution in [3.05, 3.63) is 94.9 Å². The summed E-state index contributed by atoms with van der Waals surface area (Å²) in [6, 6.07) is 24.6. The number of carbonyl (C=O) groups is 1. The molecule has 0 saturated heterocycles. The van der Waals surface area contributed by atoms with Crippen molar-refractivity contribution in [1.82, 2.24) is 9.36 Å². The summed E-state index contributed by atoms with van der Waals surface area (Å²) in [4.78, 5) is 27.4. The van der Waals surface area contributed by atoms with Gasteiger partial charge in [0.05, 0.1) is 29.4 Å². The number of methoxy groups -OCH3 is 1. The molecule has 1 unspecified atom stereocenters. The first-order chi connectivity index (χ1) is 18.8. The van der Waals surface area contributed by atoms with Gasteiger partial charge in [-0.25, -0.2) is 4.68 Å². The van der Waals surface area contributed by atoms with Gasteiger partial charge in [0.2, 0.25) is 5.91 Å². The SMILES string of the molecule is CCC(Sc1cccc(NC(=S)Nc2ccccc2OC)c1)C(=O)Nc1c(C)n(C)n(-c2ccccc2)c1=O. The summed E-state index contributed by atoms with van der Waals surface area (Å²) < 4.78 is 8.67. The van der Waals surface area contributed by atoms with Gasteiger partial charge in [0.15, 0.2) is 5.11 Å². The van der Waals surface area contributed by atoms with Gasteiger partial charge in [-0.15, -0.1) is 11.8 Å². The van der Waals surface area contributed by atoms with Crippen LogP contribution in [0.1, 0.15) is 19.0 Å². The van der Waals surface area contributed by atoms with Crippen LogP contribution in [0.5, 0.6) is 5.75 Å². The fourth-order valence-corrected chi connectivity index (χ4v) is 5.32. The zero-order chi connectivity index (χ0) is 27.9. The van der Waals surface area contributed by atoms with Gasteiger partial charge in [-0.2, -0.15) is 0 Å². The summed E-state index contributed by atoms with van der Waals surface area (Å²) in [7, 11) is 3.41. The topological polar surface area (TPSA) is 89.3 Å².